The fraction of sp³-hybridized carbons (Fsp3) is 0. The number of carbonyl (C=O) groups is 1. The lowest BCUT2D eigenvalue weighted by atomic mass is 10.3. The number of hydrogen-bond donors (Lipinski definition) is 1. The van der Waals surface area contributed by atoms with Crippen molar-refractivity contribution in [1.82, 2.24) is 0 Å². The molecule has 1 rings (SSSR count). The van der Waals surface area contributed by atoms with Gasteiger partial charge in [-0.1, -0.05) is 23.2 Å². The van der Waals surface area contributed by atoms with Gasteiger partial charge in [0.25, 0.3) is 0 Å². The lowest BCUT2D eigenvalue weighted by molar-refractivity contribution is -0.105. The molecule has 0 fully saturated rings. The number of benzene rings is 1. The predicted molar refractivity (Wildman–Crippen MR) is 46.1 cm³/mol. The van der Waals surface area contributed by atoms with E-state index < -0.39 is 5.82 Å². The van der Waals surface area contributed by atoms with Crippen LogP contribution in [0.25, 0.3) is 0 Å². The SMILES string of the molecule is O=CNc1ccc(F)c(Cl)c1Cl. The highest BCUT2D eigenvalue weighted by atomic mass is 35.5. The number of amides is 1. The zero-order chi connectivity index (χ0) is 9.14. The first-order chi connectivity index (χ1) is 5.66. The highest BCUT2D eigenvalue weighted by molar-refractivity contribution is 6.43. The molecule has 0 aromatic heterocycles. The predicted octanol–water partition coefficient (Wildman–Crippen LogP) is 2.70. The largest absolute Gasteiger partial charge is 0.327 e. The average molecular weight is 208 g/mol. The van der Waals surface area contributed by atoms with E-state index in [9.17, 15) is 9.18 Å². The normalized spacial score (nSPS) is 9.58. The zero-order valence-corrected chi connectivity index (χ0v) is 7.29. The molecule has 0 saturated heterocycles. The fourth-order valence-electron chi connectivity index (χ4n) is 0.701. The van der Waals surface area contributed by atoms with Gasteiger partial charge in [0, 0.05) is 0 Å². The lowest BCUT2D eigenvalue weighted by Crippen LogP contribution is -1.95. The van der Waals surface area contributed by atoms with Crippen molar-refractivity contribution in [3.8, 4) is 0 Å². The zero-order valence-electron chi connectivity index (χ0n) is 5.77. The molecule has 1 N–H and O–H groups in total. The molecule has 12 heavy (non-hydrogen) atoms. The first-order valence-electron chi connectivity index (χ1n) is 3.00. The molecule has 0 spiro atoms. The third kappa shape index (κ3) is 1.68. The van der Waals surface area contributed by atoms with Gasteiger partial charge < -0.3 is 5.32 Å². The summed E-state index contributed by atoms with van der Waals surface area (Å²) in [5.41, 5.74) is 0.290. The summed E-state index contributed by atoms with van der Waals surface area (Å²) < 4.78 is 12.7. The van der Waals surface area contributed by atoms with Crippen LogP contribution >= 0.6 is 23.2 Å². The highest BCUT2D eigenvalue weighted by Gasteiger charge is 2.08. The summed E-state index contributed by atoms with van der Waals surface area (Å²) in [5.74, 6) is -0.613. The van der Waals surface area contributed by atoms with Gasteiger partial charge in [0.15, 0.2) is 0 Å². The van der Waals surface area contributed by atoms with E-state index in [0.717, 1.165) is 6.07 Å². The van der Waals surface area contributed by atoms with Crippen LogP contribution in [0, 0.1) is 5.82 Å². The van der Waals surface area contributed by atoms with Crippen LogP contribution in [0.2, 0.25) is 10.0 Å². The number of rotatable bonds is 2. The van der Waals surface area contributed by atoms with Gasteiger partial charge in [-0.3, -0.25) is 4.79 Å². The molecule has 1 aromatic rings. The molecule has 0 radical (unpaired) electrons. The van der Waals surface area contributed by atoms with Crippen LogP contribution in [0.5, 0.6) is 0 Å². The minimum absolute atomic E-state index is 0.00349. The van der Waals surface area contributed by atoms with E-state index >= 15 is 0 Å². The summed E-state index contributed by atoms with van der Waals surface area (Å²) in [5, 5.41) is 2.09. The third-order valence-electron chi connectivity index (χ3n) is 1.25. The summed E-state index contributed by atoms with van der Waals surface area (Å²) in [7, 11) is 0. The molecule has 0 aliphatic carbocycles. The van der Waals surface area contributed by atoms with Crippen LogP contribution in [0.4, 0.5) is 10.1 Å². The highest BCUT2D eigenvalue weighted by Crippen LogP contribution is 2.31. The fourth-order valence-corrected chi connectivity index (χ4v) is 1.07. The summed E-state index contributed by atoms with van der Waals surface area (Å²) >= 11 is 11.0. The molecule has 0 saturated carbocycles. The molecule has 0 atom stereocenters. The number of nitrogens with one attached hydrogen (secondary N) is 1. The lowest BCUT2D eigenvalue weighted by Gasteiger charge is -2.03. The molecule has 0 unspecified atom stereocenters. The summed E-state index contributed by atoms with van der Waals surface area (Å²) in [6, 6.07) is 2.46. The first-order valence-corrected chi connectivity index (χ1v) is 3.76. The van der Waals surface area contributed by atoms with Crippen molar-refractivity contribution in [3.05, 3.63) is 28.0 Å². The third-order valence-corrected chi connectivity index (χ3v) is 2.11. The molecule has 0 aliphatic rings. The monoisotopic (exact) mass is 207 g/mol. The van der Waals surface area contributed by atoms with Crippen molar-refractivity contribution in [2.75, 3.05) is 5.32 Å². The Morgan fingerprint density at radius 2 is 2.00 bits per heavy atom. The maximum atomic E-state index is 12.7. The van der Waals surface area contributed by atoms with E-state index in [2.05, 4.69) is 5.32 Å². The van der Waals surface area contributed by atoms with E-state index in [1.807, 2.05) is 0 Å². The Kier molecular flexibility index (Phi) is 2.89. The molecular weight excluding hydrogens is 204 g/mol. The van der Waals surface area contributed by atoms with Gasteiger partial charge in [0.1, 0.15) is 5.82 Å². The van der Waals surface area contributed by atoms with Crippen molar-refractivity contribution in [2.45, 2.75) is 0 Å². The van der Waals surface area contributed by atoms with E-state index in [0.29, 0.717) is 6.41 Å². The maximum absolute atomic E-state index is 12.7. The molecule has 64 valence electrons. The Balaban J connectivity index is 3.16. The number of halogens is 3. The molecule has 0 heterocycles. The van der Waals surface area contributed by atoms with Crippen molar-refractivity contribution in [1.29, 1.82) is 0 Å². The Hall–Kier alpha value is -0.800. The minimum Gasteiger partial charge on any atom is -0.327 e. The van der Waals surface area contributed by atoms with Crippen molar-refractivity contribution < 1.29 is 9.18 Å². The summed E-state index contributed by atoms with van der Waals surface area (Å²) in [4.78, 5) is 10.0. The van der Waals surface area contributed by atoms with Gasteiger partial charge in [0.05, 0.1) is 15.7 Å². The van der Waals surface area contributed by atoms with Crippen LogP contribution in [0.3, 0.4) is 0 Å². The Bertz CT molecular complexity index is 317. The smallest absolute Gasteiger partial charge is 0.211 e. The van der Waals surface area contributed by atoms with Gasteiger partial charge in [0.2, 0.25) is 6.41 Å². The van der Waals surface area contributed by atoms with Gasteiger partial charge in [-0.15, -0.1) is 0 Å². The number of anilines is 1. The van der Waals surface area contributed by atoms with Gasteiger partial charge >= 0.3 is 0 Å². The molecule has 0 bridgehead atoms. The van der Waals surface area contributed by atoms with Crippen LogP contribution < -0.4 is 5.32 Å². The van der Waals surface area contributed by atoms with Crippen LogP contribution in [-0.2, 0) is 4.79 Å². The van der Waals surface area contributed by atoms with Gasteiger partial charge in [-0.2, -0.15) is 0 Å². The van der Waals surface area contributed by atoms with Gasteiger partial charge in [-0.05, 0) is 12.1 Å². The topological polar surface area (TPSA) is 29.1 Å². The Labute approximate surface area is 78.3 Å². The Morgan fingerprint density at radius 3 is 2.58 bits per heavy atom. The van der Waals surface area contributed by atoms with Crippen LogP contribution in [-0.4, -0.2) is 6.41 Å². The van der Waals surface area contributed by atoms with E-state index in [1.54, 1.807) is 0 Å². The van der Waals surface area contributed by atoms with Gasteiger partial charge in [-0.25, -0.2) is 4.39 Å². The maximum Gasteiger partial charge on any atom is 0.211 e. The standard InChI is InChI=1S/C7H4Cl2FNO/c8-6-4(10)1-2-5(7(6)9)11-3-12/h1-3H,(H,11,12). The molecule has 0 aliphatic heterocycles. The summed E-state index contributed by atoms with van der Waals surface area (Å²) in [6.07, 6.45) is 0.440. The first kappa shape index (κ1) is 9.29. The van der Waals surface area contributed by atoms with Crippen molar-refractivity contribution >= 4 is 35.3 Å². The van der Waals surface area contributed by atoms with E-state index in [1.165, 1.54) is 6.07 Å². The Morgan fingerprint density at radius 1 is 1.33 bits per heavy atom. The van der Waals surface area contributed by atoms with E-state index in [-0.39, 0.29) is 15.7 Å². The molecule has 5 heteroatoms. The molecule has 1 amide bonds. The summed E-state index contributed by atoms with van der Waals surface area (Å²) in [6.45, 7) is 0. The minimum atomic E-state index is -0.613. The second kappa shape index (κ2) is 3.74. The van der Waals surface area contributed by atoms with E-state index in [4.69, 9.17) is 23.2 Å². The van der Waals surface area contributed by atoms with Crippen LogP contribution in [0.15, 0.2) is 12.1 Å². The molecule has 1 aromatic carbocycles. The number of carbonyl (C=O) groups excluding carboxylic acids is 1. The second-order valence-electron chi connectivity index (χ2n) is 1.99. The second-order valence-corrected chi connectivity index (χ2v) is 2.74. The molecule has 2 nitrogen and oxygen atoms in total. The van der Waals surface area contributed by atoms with Crippen molar-refractivity contribution in [3.63, 3.8) is 0 Å². The van der Waals surface area contributed by atoms with Crippen molar-refractivity contribution in [2.24, 2.45) is 0 Å². The molecular formula is C7H4Cl2FNO. The number of hydrogen-bond acceptors (Lipinski definition) is 1. The average Bonchev–Trinajstić information content (AvgIpc) is 2.07. The van der Waals surface area contributed by atoms with Crippen LogP contribution in [0.1, 0.15) is 0 Å². The quantitative estimate of drug-likeness (QED) is 0.587.